The number of amides is 1. The van der Waals surface area contributed by atoms with Gasteiger partial charge in [-0.25, -0.2) is 4.98 Å². The number of carbonyl (C=O) groups is 1. The fourth-order valence-electron chi connectivity index (χ4n) is 2.54. The Morgan fingerprint density at radius 3 is 2.38 bits per heavy atom. The van der Waals surface area contributed by atoms with Crippen molar-refractivity contribution in [3.05, 3.63) is 82.6 Å². The Kier molecular flexibility index (Phi) is 5.86. The van der Waals surface area contributed by atoms with Crippen molar-refractivity contribution in [2.45, 2.75) is 18.2 Å². The van der Waals surface area contributed by atoms with Crippen molar-refractivity contribution < 1.29 is 4.79 Å². The number of benzene rings is 2. The molecule has 132 valence electrons. The van der Waals surface area contributed by atoms with Crippen LogP contribution in [-0.2, 0) is 17.9 Å². The molecular formula is C20H19N3O2S. The van der Waals surface area contributed by atoms with Crippen LogP contribution in [0, 0.1) is 0 Å². The maximum atomic E-state index is 12.5. The van der Waals surface area contributed by atoms with Gasteiger partial charge in [0, 0.05) is 18.2 Å². The van der Waals surface area contributed by atoms with Gasteiger partial charge in [-0.2, -0.15) is 0 Å². The van der Waals surface area contributed by atoms with Gasteiger partial charge in [0.2, 0.25) is 5.91 Å². The molecule has 0 saturated carbocycles. The molecule has 0 aliphatic carbocycles. The topological polar surface area (TPSA) is 64.0 Å². The second-order valence-corrected chi connectivity index (χ2v) is 6.45. The predicted octanol–water partition coefficient (Wildman–Crippen LogP) is 2.95. The molecule has 0 bridgehead atoms. The van der Waals surface area contributed by atoms with Crippen LogP contribution in [0.1, 0.15) is 5.56 Å². The highest BCUT2D eigenvalue weighted by Gasteiger charge is 2.12. The molecule has 0 aliphatic heterocycles. The average molecular weight is 365 g/mol. The second kappa shape index (κ2) is 8.49. The molecule has 6 heteroatoms. The summed E-state index contributed by atoms with van der Waals surface area (Å²) in [5.74, 6) is -0.222. The minimum absolute atomic E-state index is 0.0517. The smallest absolute Gasteiger partial charge is 0.255 e. The number of rotatable bonds is 6. The molecule has 0 radical (unpaired) electrons. The Morgan fingerprint density at radius 1 is 1.08 bits per heavy atom. The van der Waals surface area contributed by atoms with E-state index in [9.17, 15) is 9.59 Å². The molecule has 1 aromatic heterocycles. The fourth-order valence-corrected chi connectivity index (χ4v) is 3.10. The number of aromatic nitrogens is 2. The van der Waals surface area contributed by atoms with Crippen LogP contribution in [0.3, 0.4) is 0 Å². The number of carbonyl (C=O) groups excluding carboxylic acids is 1. The van der Waals surface area contributed by atoms with E-state index in [4.69, 9.17) is 0 Å². The standard InChI is InChI=1S/C20H19N3O2S/c1-26-20-22-17(16-10-6-3-7-11-16)12-19(25)23(20)14-18(24)21-13-15-8-4-2-5-9-15/h2-12H,13-14H2,1H3,(H,21,24). The fraction of sp³-hybridized carbons (Fsp3) is 0.150. The molecule has 1 N–H and O–H groups in total. The van der Waals surface area contributed by atoms with E-state index < -0.39 is 0 Å². The van der Waals surface area contributed by atoms with Gasteiger partial charge < -0.3 is 5.32 Å². The first kappa shape index (κ1) is 17.9. The summed E-state index contributed by atoms with van der Waals surface area (Å²) in [6, 6.07) is 20.6. The van der Waals surface area contributed by atoms with E-state index in [1.54, 1.807) is 0 Å². The van der Waals surface area contributed by atoms with E-state index in [1.807, 2.05) is 66.9 Å². The monoisotopic (exact) mass is 365 g/mol. The number of hydrogen-bond donors (Lipinski definition) is 1. The third-order valence-electron chi connectivity index (χ3n) is 3.86. The van der Waals surface area contributed by atoms with Gasteiger partial charge in [0.15, 0.2) is 5.16 Å². The molecule has 5 nitrogen and oxygen atoms in total. The van der Waals surface area contributed by atoms with Crippen LogP contribution in [-0.4, -0.2) is 21.7 Å². The Hall–Kier alpha value is -2.86. The van der Waals surface area contributed by atoms with Crippen LogP contribution in [0.2, 0.25) is 0 Å². The van der Waals surface area contributed by atoms with Crippen LogP contribution in [0.15, 0.2) is 76.7 Å². The van der Waals surface area contributed by atoms with E-state index in [2.05, 4.69) is 10.3 Å². The average Bonchev–Trinajstić information content (AvgIpc) is 2.69. The van der Waals surface area contributed by atoms with Crippen LogP contribution >= 0.6 is 11.8 Å². The summed E-state index contributed by atoms with van der Waals surface area (Å²) in [6.07, 6.45) is 1.84. The molecule has 1 heterocycles. The quantitative estimate of drug-likeness (QED) is 0.539. The highest BCUT2D eigenvalue weighted by atomic mass is 32.2. The molecule has 0 unspecified atom stereocenters. The SMILES string of the molecule is CSc1nc(-c2ccccc2)cc(=O)n1CC(=O)NCc1ccccc1. The van der Waals surface area contributed by atoms with Gasteiger partial charge in [-0.15, -0.1) is 0 Å². The zero-order chi connectivity index (χ0) is 18.4. The molecule has 26 heavy (non-hydrogen) atoms. The summed E-state index contributed by atoms with van der Waals surface area (Å²) in [4.78, 5) is 29.3. The highest BCUT2D eigenvalue weighted by molar-refractivity contribution is 7.98. The van der Waals surface area contributed by atoms with Crippen LogP contribution < -0.4 is 10.9 Å². The van der Waals surface area contributed by atoms with Gasteiger partial charge in [-0.3, -0.25) is 14.2 Å². The minimum atomic E-state index is -0.238. The normalized spacial score (nSPS) is 10.5. The summed E-state index contributed by atoms with van der Waals surface area (Å²) < 4.78 is 1.40. The Labute approximate surface area is 156 Å². The number of nitrogens with one attached hydrogen (secondary N) is 1. The van der Waals surface area contributed by atoms with Crippen molar-refractivity contribution in [1.82, 2.24) is 14.9 Å². The Morgan fingerprint density at radius 2 is 1.73 bits per heavy atom. The zero-order valence-electron chi connectivity index (χ0n) is 14.4. The van der Waals surface area contributed by atoms with Crippen molar-refractivity contribution in [3.63, 3.8) is 0 Å². The number of hydrogen-bond acceptors (Lipinski definition) is 4. The van der Waals surface area contributed by atoms with Crippen LogP contribution in [0.5, 0.6) is 0 Å². The molecule has 3 aromatic rings. The highest BCUT2D eigenvalue weighted by Crippen LogP contribution is 2.18. The third kappa shape index (κ3) is 4.40. The van der Waals surface area contributed by atoms with Crippen LogP contribution in [0.4, 0.5) is 0 Å². The third-order valence-corrected chi connectivity index (χ3v) is 4.54. The largest absolute Gasteiger partial charge is 0.350 e. The van der Waals surface area contributed by atoms with Gasteiger partial charge >= 0.3 is 0 Å². The maximum Gasteiger partial charge on any atom is 0.255 e. The van der Waals surface area contributed by atoms with Gasteiger partial charge in [-0.1, -0.05) is 72.4 Å². The van der Waals surface area contributed by atoms with Crippen LogP contribution in [0.25, 0.3) is 11.3 Å². The number of thioether (sulfide) groups is 1. The molecule has 0 saturated heterocycles. The van der Waals surface area contributed by atoms with E-state index in [1.165, 1.54) is 22.4 Å². The minimum Gasteiger partial charge on any atom is -0.350 e. The van der Waals surface area contributed by atoms with E-state index in [0.717, 1.165) is 11.1 Å². The van der Waals surface area contributed by atoms with Crippen molar-refractivity contribution in [2.24, 2.45) is 0 Å². The van der Waals surface area contributed by atoms with E-state index >= 15 is 0 Å². The summed E-state index contributed by atoms with van der Waals surface area (Å²) in [6.45, 7) is 0.377. The second-order valence-electron chi connectivity index (χ2n) is 5.68. The van der Waals surface area contributed by atoms with Gasteiger partial charge in [0.05, 0.1) is 5.69 Å². The van der Waals surface area contributed by atoms with Crippen molar-refractivity contribution in [3.8, 4) is 11.3 Å². The van der Waals surface area contributed by atoms with Crippen molar-refractivity contribution in [1.29, 1.82) is 0 Å². The summed E-state index contributed by atoms with van der Waals surface area (Å²) >= 11 is 1.35. The first-order valence-corrected chi connectivity index (χ1v) is 9.42. The van der Waals surface area contributed by atoms with Gasteiger partial charge in [0.25, 0.3) is 5.56 Å². The lowest BCUT2D eigenvalue weighted by molar-refractivity contribution is -0.122. The van der Waals surface area contributed by atoms with E-state index in [0.29, 0.717) is 17.4 Å². The lowest BCUT2D eigenvalue weighted by atomic mass is 10.1. The molecule has 2 aromatic carbocycles. The molecule has 3 rings (SSSR count). The van der Waals surface area contributed by atoms with Gasteiger partial charge in [-0.05, 0) is 11.8 Å². The zero-order valence-corrected chi connectivity index (χ0v) is 15.2. The Balaban J connectivity index is 1.77. The first-order valence-electron chi connectivity index (χ1n) is 8.19. The first-order chi connectivity index (χ1) is 12.7. The molecular weight excluding hydrogens is 346 g/mol. The van der Waals surface area contributed by atoms with Gasteiger partial charge in [0.1, 0.15) is 6.54 Å². The molecule has 0 aliphatic rings. The summed E-state index contributed by atoms with van der Waals surface area (Å²) in [5, 5.41) is 3.36. The summed E-state index contributed by atoms with van der Waals surface area (Å²) in [5.41, 5.74) is 2.26. The predicted molar refractivity (Wildman–Crippen MR) is 104 cm³/mol. The summed E-state index contributed by atoms with van der Waals surface area (Å²) in [7, 11) is 0. The van der Waals surface area contributed by atoms with E-state index in [-0.39, 0.29) is 18.0 Å². The van der Waals surface area contributed by atoms with Crippen molar-refractivity contribution >= 4 is 17.7 Å². The molecule has 0 fully saturated rings. The number of nitrogens with zero attached hydrogens (tertiary/aromatic N) is 2. The molecule has 0 spiro atoms. The Bertz CT molecular complexity index is 940. The molecule has 0 atom stereocenters. The molecule has 1 amide bonds. The van der Waals surface area contributed by atoms with Crippen molar-refractivity contribution in [2.75, 3.05) is 6.26 Å². The lowest BCUT2D eigenvalue weighted by Gasteiger charge is -2.12. The lowest BCUT2D eigenvalue weighted by Crippen LogP contribution is -2.33. The maximum absolute atomic E-state index is 12.5.